The average molecular weight is 224 g/mol. The van der Waals surface area contributed by atoms with Crippen LogP contribution in [0, 0.1) is 5.92 Å². The lowest BCUT2D eigenvalue weighted by atomic mass is 10.1. The fraction of sp³-hybridized carbons (Fsp3) is 0.700. The number of hydrogen-bond acceptors (Lipinski definition) is 5. The minimum atomic E-state index is -0.172. The fourth-order valence-electron chi connectivity index (χ4n) is 1.70. The van der Waals surface area contributed by atoms with Crippen LogP contribution in [-0.4, -0.2) is 33.9 Å². The van der Waals surface area contributed by atoms with E-state index in [2.05, 4.69) is 15.4 Å². The van der Waals surface area contributed by atoms with Crippen LogP contribution in [0.2, 0.25) is 0 Å². The molecule has 2 heterocycles. The SMILES string of the molecule is CCOC(=O)C1CNc2nc(CC)nn2C1. The lowest BCUT2D eigenvalue weighted by Crippen LogP contribution is -2.34. The zero-order chi connectivity index (χ0) is 11.5. The molecule has 1 aromatic rings. The first-order chi connectivity index (χ1) is 7.74. The third-order valence-electron chi connectivity index (χ3n) is 2.55. The van der Waals surface area contributed by atoms with Gasteiger partial charge >= 0.3 is 5.97 Å². The minimum Gasteiger partial charge on any atom is -0.466 e. The second-order valence-electron chi connectivity index (χ2n) is 3.72. The number of anilines is 1. The molecule has 2 rings (SSSR count). The van der Waals surface area contributed by atoms with Gasteiger partial charge < -0.3 is 10.1 Å². The third kappa shape index (κ3) is 2.00. The number of carbonyl (C=O) groups is 1. The van der Waals surface area contributed by atoms with Crippen LogP contribution < -0.4 is 5.32 Å². The van der Waals surface area contributed by atoms with Crippen molar-refractivity contribution in [3.8, 4) is 0 Å². The van der Waals surface area contributed by atoms with Gasteiger partial charge in [-0.2, -0.15) is 10.1 Å². The molecule has 0 amide bonds. The highest BCUT2D eigenvalue weighted by atomic mass is 16.5. The predicted molar refractivity (Wildman–Crippen MR) is 58.0 cm³/mol. The van der Waals surface area contributed by atoms with Crippen molar-refractivity contribution in [2.24, 2.45) is 5.92 Å². The Bertz CT molecular complexity index is 388. The molecule has 0 saturated carbocycles. The van der Waals surface area contributed by atoms with E-state index in [1.165, 1.54) is 0 Å². The quantitative estimate of drug-likeness (QED) is 0.755. The van der Waals surface area contributed by atoms with Crippen LogP contribution in [0.15, 0.2) is 0 Å². The van der Waals surface area contributed by atoms with E-state index in [0.717, 1.165) is 18.2 Å². The summed E-state index contributed by atoms with van der Waals surface area (Å²) in [7, 11) is 0. The molecule has 1 aromatic heterocycles. The van der Waals surface area contributed by atoms with Crippen LogP contribution in [0.5, 0.6) is 0 Å². The van der Waals surface area contributed by atoms with Gasteiger partial charge in [0.15, 0.2) is 5.82 Å². The first kappa shape index (κ1) is 10.9. The van der Waals surface area contributed by atoms with Gasteiger partial charge in [-0.25, -0.2) is 4.68 Å². The number of aryl methyl sites for hydroxylation is 1. The third-order valence-corrected chi connectivity index (χ3v) is 2.55. The molecule has 0 radical (unpaired) electrons. The van der Waals surface area contributed by atoms with Gasteiger partial charge in [0.1, 0.15) is 0 Å². The average Bonchev–Trinajstić information content (AvgIpc) is 2.70. The van der Waals surface area contributed by atoms with Crippen LogP contribution in [0.3, 0.4) is 0 Å². The van der Waals surface area contributed by atoms with E-state index >= 15 is 0 Å². The molecule has 88 valence electrons. The van der Waals surface area contributed by atoms with Gasteiger partial charge in [0.25, 0.3) is 0 Å². The molecule has 1 unspecified atom stereocenters. The Labute approximate surface area is 94.0 Å². The summed E-state index contributed by atoms with van der Waals surface area (Å²) in [4.78, 5) is 15.9. The smallest absolute Gasteiger partial charge is 0.312 e. The van der Waals surface area contributed by atoms with Crippen LogP contribution in [-0.2, 0) is 22.5 Å². The number of ether oxygens (including phenoxy) is 1. The number of nitrogens with one attached hydrogen (secondary N) is 1. The summed E-state index contributed by atoms with van der Waals surface area (Å²) in [5, 5.41) is 7.39. The van der Waals surface area contributed by atoms with E-state index in [1.807, 2.05) is 13.8 Å². The first-order valence-corrected chi connectivity index (χ1v) is 5.58. The molecule has 0 aromatic carbocycles. The van der Waals surface area contributed by atoms with E-state index in [1.54, 1.807) is 4.68 Å². The van der Waals surface area contributed by atoms with Crippen molar-refractivity contribution in [1.29, 1.82) is 0 Å². The van der Waals surface area contributed by atoms with Crippen molar-refractivity contribution >= 4 is 11.9 Å². The van der Waals surface area contributed by atoms with Gasteiger partial charge in [0.2, 0.25) is 5.95 Å². The van der Waals surface area contributed by atoms with E-state index in [-0.39, 0.29) is 11.9 Å². The first-order valence-electron chi connectivity index (χ1n) is 5.58. The van der Waals surface area contributed by atoms with Gasteiger partial charge in [0.05, 0.1) is 19.1 Å². The van der Waals surface area contributed by atoms with Crippen LogP contribution >= 0.6 is 0 Å². The zero-order valence-corrected chi connectivity index (χ0v) is 9.56. The normalized spacial score (nSPS) is 18.8. The summed E-state index contributed by atoms with van der Waals surface area (Å²) in [5.41, 5.74) is 0. The monoisotopic (exact) mass is 224 g/mol. The second-order valence-corrected chi connectivity index (χ2v) is 3.72. The van der Waals surface area contributed by atoms with Gasteiger partial charge in [-0.15, -0.1) is 0 Å². The standard InChI is InChI=1S/C10H16N4O2/c1-3-8-12-10-11-5-7(6-14(10)13-8)9(15)16-4-2/h7H,3-6H2,1-2H3,(H,11,12,13). The Morgan fingerprint density at radius 2 is 2.44 bits per heavy atom. The van der Waals surface area contributed by atoms with Crippen molar-refractivity contribution in [1.82, 2.24) is 14.8 Å². The molecule has 0 fully saturated rings. The van der Waals surface area contributed by atoms with Crippen molar-refractivity contribution in [3.63, 3.8) is 0 Å². The van der Waals surface area contributed by atoms with E-state index in [0.29, 0.717) is 19.7 Å². The summed E-state index contributed by atoms with van der Waals surface area (Å²) >= 11 is 0. The van der Waals surface area contributed by atoms with Crippen molar-refractivity contribution < 1.29 is 9.53 Å². The molecule has 6 heteroatoms. The molecule has 0 spiro atoms. The maximum Gasteiger partial charge on any atom is 0.312 e. The summed E-state index contributed by atoms with van der Waals surface area (Å²) in [5.74, 6) is 1.21. The lowest BCUT2D eigenvalue weighted by Gasteiger charge is -2.21. The molecule has 0 aliphatic carbocycles. The maximum atomic E-state index is 11.6. The predicted octanol–water partition coefficient (Wildman–Crippen LogP) is 0.445. The Hall–Kier alpha value is -1.59. The summed E-state index contributed by atoms with van der Waals surface area (Å²) < 4.78 is 6.73. The number of fused-ring (bicyclic) bond motifs is 1. The van der Waals surface area contributed by atoms with Crippen LogP contribution in [0.4, 0.5) is 5.95 Å². The Balaban J connectivity index is 2.08. The van der Waals surface area contributed by atoms with Crippen LogP contribution in [0.1, 0.15) is 19.7 Å². The van der Waals surface area contributed by atoms with Crippen molar-refractivity contribution in [2.45, 2.75) is 26.8 Å². The molecular formula is C10H16N4O2. The summed E-state index contributed by atoms with van der Waals surface area (Å²) in [6.45, 7) is 5.35. The minimum absolute atomic E-state index is 0.168. The molecule has 16 heavy (non-hydrogen) atoms. The molecule has 1 aliphatic rings. The topological polar surface area (TPSA) is 69.0 Å². The summed E-state index contributed by atoms with van der Waals surface area (Å²) in [6, 6.07) is 0. The summed E-state index contributed by atoms with van der Waals surface area (Å²) in [6.07, 6.45) is 0.797. The number of esters is 1. The van der Waals surface area contributed by atoms with E-state index in [4.69, 9.17) is 4.74 Å². The second kappa shape index (κ2) is 4.51. The number of rotatable bonds is 3. The zero-order valence-electron chi connectivity index (χ0n) is 9.56. The van der Waals surface area contributed by atoms with Gasteiger partial charge in [0, 0.05) is 13.0 Å². The fourth-order valence-corrected chi connectivity index (χ4v) is 1.70. The number of carbonyl (C=O) groups excluding carboxylic acids is 1. The van der Waals surface area contributed by atoms with E-state index < -0.39 is 0 Å². The molecule has 6 nitrogen and oxygen atoms in total. The molecule has 0 bridgehead atoms. The Morgan fingerprint density at radius 1 is 1.62 bits per heavy atom. The van der Waals surface area contributed by atoms with Gasteiger partial charge in [-0.05, 0) is 6.92 Å². The Morgan fingerprint density at radius 3 is 3.12 bits per heavy atom. The van der Waals surface area contributed by atoms with E-state index in [9.17, 15) is 4.79 Å². The molecular weight excluding hydrogens is 208 g/mol. The lowest BCUT2D eigenvalue weighted by molar-refractivity contribution is -0.148. The van der Waals surface area contributed by atoms with Crippen LogP contribution in [0.25, 0.3) is 0 Å². The highest BCUT2D eigenvalue weighted by molar-refractivity contribution is 5.73. The van der Waals surface area contributed by atoms with Gasteiger partial charge in [-0.3, -0.25) is 4.79 Å². The number of aromatic nitrogens is 3. The highest BCUT2D eigenvalue weighted by Crippen LogP contribution is 2.16. The van der Waals surface area contributed by atoms with Crippen molar-refractivity contribution in [3.05, 3.63) is 5.82 Å². The molecule has 1 N–H and O–H groups in total. The maximum absolute atomic E-state index is 11.6. The highest BCUT2D eigenvalue weighted by Gasteiger charge is 2.27. The molecule has 1 aliphatic heterocycles. The number of hydrogen-bond donors (Lipinski definition) is 1. The largest absolute Gasteiger partial charge is 0.466 e. The molecule has 0 saturated heterocycles. The molecule has 1 atom stereocenters. The Kier molecular flexibility index (Phi) is 3.07. The van der Waals surface area contributed by atoms with Gasteiger partial charge in [-0.1, -0.05) is 6.92 Å². The number of nitrogens with zero attached hydrogens (tertiary/aromatic N) is 3. The van der Waals surface area contributed by atoms with Crippen molar-refractivity contribution in [2.75, 3.05) is 18.5 Å².